The quantitative estimate of drug-likeness (QED) is 0.651. The van der Waals surface area contributed by atoms with Crippen molar-refractivity contribution in [3.63, 3.8) is 0 Å². The Bertz CT molecular complexity index is 1030. The number of benzene rings is 1. The number of amides is 1. The molecule has 0 radical (unpaired) electrons. The monoisotopic (exact) mass is 427 g/mol. The number of thiazole rings is 1. The van der Waals surface area contributed by atoms with Crippen LogP contribution in [0.4, 0.5) is 20.1 Å². The van der Waals surface area contributed by atoms with Gasteiger partial charge in [0.15, 0.2) is 5.13 Å². The zero-order chi connectivity index (χ0) is 20.6. The van der Waals surface area contributed by atoms with Gasteiger partial charge >= 0.3 is 6.09 Å². The number of aromatic nitrogens is 3. The predicted molar refractivity (Wildman–Crippen MR) is 113 cm³/mol. The van der Waals surface area contributed by atoms with Gasteiger partial charge in [-0.25, -0.2) is 23.8 Å². The van der Waals surface area contributed by atoms with Crippen LogP contribution in [0.5, 0.6) is 0 Å². The number of hydrogen-bond donors (Lipinski definition) is 1. The molecule has 3 heterocycles. The number of para-hydroxylation sites is 1. The van der Waals surface area contributed by atoms with Crippen molar-refractivity contribution >= 4 is 28.4 Å². The highest BCUT2D eigenvalue weighted by atomic mass is 32.1. The maximum atomic E-state index is 13.9. The Morgan fingerprint density at radius 2 is 2.10 bits per heavy atom. The van der Waals surface area contributed by atoms with Crippen LogP contribution in [0, 0.1) is 11.7 Å². The lowest BCUT2D eigenvalue weighted by atomic mass is 9.78. The fourth-order valence-electron chi connectivity index (χ4n) is 4.23. The SMILES string of the molecule is O=C1O[C@]2(CC[C@H](CNc3ccn(-c4ccccc4F)n3)CC2)CN1c1nccs1. The molecule has 5 rings (SSSR count). The number of rotatable bonds is 5. The van der Waals surface area contributed by atoms with Gasteiger partial charge in [0, 0.05) is 30.4 Å². The van der Waals surface area contributed by atoms with Crippen molar-refractivity contribution in [2.75, 3.05) is 23.3 Å². The number of carbonyl (C=O) groups excluding carboxylic acids is 1. The number of carbonyl (C=O) groups is 1. The maximum Gasteiger partial charge on any atom is 0.416 e. The summed E-state index contributed by atoms with van der Waals surface area (Å²) < 4.78 is 21.3. The van der Waals surface area contributed by atoms with Crippen LogP contribution in [0.3, 0.4) is 0 Å². The minimum absolute atomic E-state index is 0.291. The lowest BCUT2D eigenvalue weighted by molar-refractivity contribution is 0.0148. The van der Waals surface area contributed by atoms with Gasteiger partial charge in [0.05, 0.1) is 6.54 Å². The first-order valence-corrected chi connectivity index (χ1v) is 10.9. The van der Waals surface area contributed by atoms with Crippen LogP contribution in [0.15, 0.2) is 48.1 Å². The van der Waals surface area contributed by atoms with E-state index < -0.39 is 5.60 Å². The molecule has 1 spiro atoms. The molecular formula is C21H22FN5O2S. The van der Waals surface area contributed by atoms with Gasteiger partial charge in [0.25, 0.3) is 0 Å². The molecule has 9 heteroatoms. The zero-order valence-electron chi connectivity index (χ0n) is 16.3. The Morgan fingerprint density at radius 3 is 2.87 bits per heavy atom. The van der Waals surface area contributed by atoms with Crippen molar-refractivity contribution in [1.29, 1.82) is 0 Å². The summed E-state index contributed by atoms with van der Waals surface area (Å²) in [6, 6.07) is 8.42. The summed E-state index contributed by atoms with van der Waals surface area (Å²) in [6.45, 7) is 1.36. The summed E-state index contributed by atoms with van der Waals surface area (Å²) in [7, 11) is 0. The molecule has 30 heavy (non-hydrogen) atoms. The Labute approximate surface area is 177 Å². The first-order chi connectivity index (χ1) is 14.6. The van der Waals surface area contributed by atoms with Gasteiger partial charge in [-0.3, -0.25) is 0 Å². The second-order valence-corrected chi connectivity index (χ2v) is 8.75. The smallest absolute Gasteiger partial charge is 0.416 e. The molecule has 2 aromatic heterocycles. The third-order valence-electron chi connectivity index (χ3n) is 5.90. The normalized spacial score (nSPS) is 23.7. The van der Waals surface area contributed by atoms with Crippen molar-refractivity contribution < 1.29 is 13.9 Å². The Morgan fingerprint density at radius 1 is 1.27 bits per heavy atom. The minimum Gasteiger partial charge on any atom is -0.441 e. The average Bonchev–Trinajstić information content (AvgIpc) is 3.49. The molecule has 1 aromatic carbocycles. The summed E-state index contributed by atoms with van der Waals surface area (Å²) >= 11 is 1.45. The van der Waals surface area contributed by atoms with E-state index in [1.54, 1.807) is 40.2 Å². The van der Waals surface area contributed by atoms with E-state index in [4.69, 9.17) is 4.74 Å². The van der Waals surface area contributed by atoms with Crippen LogP contribution in [0.2, 0.25) is 0 Å². The number of nitrogens with zero attached hydrogens (tertiary/aromatic N) is 4. The van der Waals surface area contributed by atoms with Crippen molar-refractivity contribution in [3.05, 3.63) is 53.9 Å². The first-order valence-electron chi connectivity index (χ1n) is 10.1. The van der Waals surface area contributed by atoms with Crippen LogP contribution < -0.4 is 10.2 Å². The van der Waals surface area contributed by atoms with Crippen LogP contribution >= 0.6 is 11.3 Å². The van der Waals surface area contributed by atoms with E-state index in [1.807, 2.05) is 11.4 Å². The molecular weight excluding hydrogens is 405 g/mol. The fraction of sp³-hybridized carbons (Fsp3) is 0.381. The fourth-order valence-corrected chi connectivity index (χ4v) is 4.86. The maximum absolute atomic E-state index is 13.9. The molecule has 0 unspecified atom stereocenters. The molecule has 1 aliphatic carbocycles. The number of anilines is 2. The summed E-state index contributed by atoms with van der Waals surface area (Å²) in [5.74, 6) is 0.894. The van der Waals surface area contributed by atoms with E-state index in [2.05, 4.69) is 15.4 Å². The number of halogens is 1. The first kappa shape index (κ1) is 19.0. The van der Waals surface area contributed by atoms with Crippen molar-refractivity contribution in [3.8, 4) is 5.69 Å². The highest BCUT2D eigenvalue weighted by molar-refractivity contribution is 7.13. The zero-order valence-corrected chi connectivity index (χ0v) is 17.1. The van der Waals surface area contributed by atoms with Crippen molar-refractivity contribution in [2.24, 2.45) is 5.92 Å². The van der Waals surface area contributed by atoms with Gasteiger partial charge in [-0.15, -0.1) is 11.3 Å². The number of ether oxygens (including phenoxy) is 1. The molecule has 1 saturated carbocycles. The topological polar surface area (TPSA) is 72.3 Å². The van der Waals surface area contributed by atoms with Crippen LogP contribution in [-0.4, -0.2) is 39.5 Å². The molecule has 1 saturated heterocycles. The number of hydrogen-bond acceptors (Lipinski definition) is 6. The Hall–Kier alpha value is -2.94. The molecule has 0 atom stereocenters. The predicted octanol–water partition coefficient (Wildman–Crippen LogP) is 4.47. The molecule has 1 amide bonds. The minimum atomic E-state index is -0.397. The van der Waals surface area contributed by atoms with Gasteiger partial charge in [0.1, 0.15) is 22.9 Å². The van der Waals surface area contributed by atoms with Gasteiger partial charge in [-0.1, -0.05) is 12.1 Å². The second kappa shape index (κ2) is 7.71. The van der Waals surface area contributed by atoms with Gasteiger partial charge in [-0.05, 0) is 43.7 Å². The van der Waals surface area contributed by atoms with E-state index in [0.29, 0.717) is 23.3 Å². The summed E-state index contributed by atoms with van der Waals surface area (Å²) in [4.78, 5) is 18.2. The average molecular weight is 428 g/mol. The molecule has 2 fully saturated rings. The van der Waals surface area contributed by atoms with E-state index in [-0.39, 0.29) is 11.9 Å². The lowest BCUT2D eigenvalue weighted by Crippen LogP contribution is -2.39. The molecule has 7 nitrogen and oxygen atoms in total. The summed E-state index contributed by atoms with van der Waals surface area (Å²) in [6.07, 6.45) is 6.80. The number of nitrogens with one attached hydrogen (secondary N) is 1. The summed E-state index contributed by atoms with van der Waals surface area (Å²) in [5, 5.41) is 10.4. The highest BCUT2D eigenvalue weighted by Crippen LogP contribution is 2.41. The molecule has 3 aromatic rings. The van der Waals surface area contributed by atoms with E-state index in [0.717, 1.165) is 38.0 Å². The third-order valence-corrected chi connectivity index (χ3v) is 6.69. The molecule has 1 aliphatic heterocycles. The van der Waals surface area contributed by atoms with Gasteiger partial charge < -0.3 is 10.1 Å². The Kier molecular flexibility index (Phi) is 4.90. The molecule has 2 aliphatic rings. The molecule has 0 bridgehead atoms. The van der Waals surface area contributed by atoms with Gasteiger partial charge in [0.2, 0.25) is 0 Å². The second-order valence-electron chi connectivity index (χ2n) is 7.87. The highest BCUT2D eigenvalue weighted by Gasteiger charge is 2.48. The Balaban J connectivity index is 1.15. The summed E-state index contributed by atoms with van der Waals surface area (Å²) in [5.41, 5.74) is 0.0315. The molecule has 156 valence electrons. The van der Waals surface area contributed by atoms with Crippen molar-refractivity contribution in [1.82, 2.24) is 14.8 Å². The van der Waals surface area contributed by atoms with Gasteiger partial charge in [-0.2, -0.15) is 5.10 Å². The largest absolute Gasteiger partial charge is 0.441 e. The standard InChI is InChI=1S/C21H22FN5O2S/c22-16-3-1-2-4-17(16)27-11-7-18(25-27)24-13-15-5-8-21(9-6-15)14-26(20(28)29-21)19-23-10-12-30-19/h1-4,7,10-12,15H,5-6,8-9,13-14H2,(H,24,25)/t15-,21-. The van der Waals surface area contributed by atoms with Crippen LogP contribution in [0.1, 0.15) is 25.7 Å². The lowest BCUT2D eigenvalue weighted by Gasteiger charge is -2.35. The van der Waals surface area contributed by atoms with E-state index in [1.165, 1.54) is 17.4 Å². The van der Waals surface area contributed by atoms with E-state index in [9.17, 15) is 9.18 Å². The van der Waals surface area contributed by atoms with E-state index >= 15 is 0 Å². The van der Waals surface area contributed by atoms with Crippen molar-refractivity contribution in [2.45, 2.75) is 31.3 Å². The van der Waals surface area contributed by atoms with Crippen LogP contribution in [0.25, 0.3) is 5.69 Å². The molecule has 1 N–H and O–H groups in total. The third kappa shape index (κ3) is 3.65. The van der Waals surface area contributed by atoms with Crippen LogP contribution in [-0.2, 0) is 4.74 Å².